The van der Waals surface area contributed by atoms with Crippen molar-refractivity contribution in [3.05, 3.63) is 49.3 Å². The smallest absolute Gasteiger partial charge is 0.497 e. The number of benzene rings is 1. The number of carbonyl (C=O) groups excluding carboxylic acids is 1. The highest BCUT2D eigenvalue weighted by Crippen LogP contribution is 2.18. The molecule has 0 N–H and O–H groups in total. The van der Waals surface area contributed by atoms with Crippen LogP contribution in [0.25, 0.3) is 10.8 Å². The summed E-state index contributed by atoms with van der Waals surface area (Å²) in [5, 5.41) is 1.94. The number of fused-ring (bicyclic) bond motifs is 1. The summed E-state index contributed by atoms with van der Waals surface area (Å²) in [6.07, 6.45) is 4.49. The number of ether oxygens (including phenoxy) is 2. The van der Waals surface area contributed by atoms with Gasteiger partial charge in [-0.25, -0.2) is 0 Å². The average molecular weight is 244 g/mol. The summed E-state index contributed by atoms with van der Waals surface area (Å²) in [4.78, 5) is 11.6. The highest BCUT2D eigenvalue weighted by atomic mass is 16.5. The van der Waals surface area contributed by atoms with E-state index in [9.17, 15) is 4.79 Å². The maximum Gasteiger partial charge on any atom is 0.602 e. The lowest BCUT2D eigenvalue weighted by molar-refractivity contribution is -0.584. The van der Waals surface area contributed by atoms with Crippen molar-refractivity contribution in [3.63, 3.8) is 0 Å². The van der Waals surface area contributed by atoms with Crippen LogP contribution in [0.2, 0.25) is 0 Å². The first kappa shape index (κ1) is 12.1. The predicted molar refractivity (Wildman–Crippen MR) is 67.6 cm³/mol. The molecule has 0 spiro atoms. The molecule has 1 aromatic carbocycles. The molecule has 0 aliphatic rings. The third-order valence-corrected chi connectivity index (χ3v) is 2.52. The number of pyridine rings is 1. The second kappa shape index (κ2) is 5.31. The molecule has 2 rings (SSSR count). The molecule has 92 valence electrons. The van der Waals surface area contributed by atoms with E-state index >= 15 is 0 Å². The van der Waals surface area contributed by atoms with Gasteiger partial charge in [-0.1, -0.05) is 17.2 Å². The average Bonchev–Trinajstić information content (AvgIpc) is 2.43. The Labute approximate surface area is 105 Å². The van der Waals surface area contributed by atoms with Gasteiger partial charge in [0.2, 0.25) is 0 Å². The summed E-state index contributed by atoms with van der Waals surface area (Å²) in [6, 6.07) is 7.50. The largest absolute Gasteiger partial charge is 0.602 e. The summed E-state index contributed by atoms with van der Waals surface area (Å²) >= 11 is 0. The minimum Gasteiger partial charge on any atom is -0.497 e. The number of hydrogen-bond acceptors (Lipinski definition) is 3. The van der Waals surface area contributed by atoms with Crippen LogP contribution in [0.5, 0.6) is 5.75 Å². The summed E-state index contributed by atoms with van der Waals surface area (Å²) in [7, 11) is 1.62. The monoisotopic (exact) mass is 244 g/mol. The molecule has 0 aliphatic carbocycles. The van der Waals surface area contributed by atoms with Crippen molar-refractivity contribution in [1.29, 1.82) is 0 Å². The van der Waals surface area contributed by atoms with Gasteiger partial charge < -0.3 is 9.47 Å². The lowest BCUT2D eigenvalue weighted by atomic mass is 10.2. The van der Waals surface area contributed by atoms with Crippen LogP contribution in [0.3, 0.4) is 0 Å². The molecule has 4 nitrogen and oxygen atoms in total. The van der Waals surface area contributed by atoms with Gasteiger partial charge in [-0.05, 0) is 23.6 Å². The molecule has 18 heavy (non-hydrogen) atoms. The fraction of sp³-hybridized carbons (Fsp3) is 0.143. The molecular formula is C14H14NO3+. The van der Waals surface area contributed by atoms with E-state index in [0.29, 0.717) is 0 Å². The van der Waals surface area contributed by atoms with E-state index in [1.807, 2.05) is 24.3 Å². The van der Waals surface area contributed by atoms with Crippen molar-refractivity contribution in [2.24, 2.45) is 0 Å². The van der Waals surface area contributed by atoms with Gasteiger partial charge in [-0.2, -0.15) is 4.79 Å². The minimum atomic E-state index is -0.424. The van der Waals surface area contributed by atoms with Gasteiger partial charge in [0.05, 0.1) is 7.11 Å². The lowest BCUT2D eigenvalue weighted by Gasteiger charge is -2.01. The number of carbonyl (C=O) groups is 1. The predicted octanol–water partition coefficient (Wildman–Crippen LogP) is 2.31. The quantitative estimate of drug-likeness (QED) is 0.614. The van der Waals surface area contributed by atoms with Gasteiger partial charge in [0.25, 0.3) is 0 Å². The Morgan fingerprint density at radius 1 is 1.39 bits per heavy atom. The van der Waals surface area contributed by atoms with Crippen LogP contribution in [0, 0.1) is 0 Å². The molecule has 0 saturated heterocycles. The fourth-order valence-electron chi connectivity index (χ4n) is 1.61. The van der Waals surface area contributed by atoms with Gasteiger partial charge in [-0.3, -0.25) is 0 Å². The first-order valence-electron chi connectivity index (χ1n) is 5.51. The topological polar surface area (TPSA) is 39.4 Å². The van der Waals surface area contributed by atoms with Crippen LogP contribution >= 0.6 is 0 Å². The first-order chi connectivity index (χ1) is 8.74. The number of methoxy groups -OCH3 is 1. The maximum absolute atomic E-state index is 11.6. The summed E-state index contributed by atoms with van der Waals surface area (Å²) in [6.45, 7) is 3.70. The van der Waals surface area contributed by atoms with Crippen LogP contribution < -0.4 is 9.30 Å². The van der Waals surface area contributed by atoms with E-state index in [0.717, 1.165) is 16.5 Å². The second-order valence-electron chi connectivity index (χ2n) is 3.71. The van der Waals surface area contributed by atoms with Crippen LogP contribution in [0.4, 0.5) is 4.79 Å². The Morgan fingerprint density at radius 3 is 2.94 bits per heavy atom. The van der Waals surface area contributed by atoms with Gasteiger partial charge in [-0.15, -0.1) is 0 Å². The zero-order valence-corrected chi connectivity index (χ0v) is 10.1. The Bertz CT molecular complexity index is 593. The summed E-state index contributed by atoms with van der Waals surface area (Å²) < 4.78 is 11.5. The van der Waals surface area contributed by atoms with Gasteiger partial charge in [0, 0.05) is 11.5 Å². The maximum atomic E-state index is 11.6. The van der Waals surface area contributed by atoms with Crippen molar-refractivity contribution in [3.8, 4) is 5.75 Å². The van der Waals surface area contributed by atoms with Crippen LogP contribution in [-0.2, 0) is 4.74 Å². The standard InChI is InChI=1S/C14H14NO3/c1-3-8-18-14(16)15-7-6-11-9-13(17-2)5-4-12(11)10-15/h3-7,9-10H,1,8H2,2H3/q+1. The molecule has 0 unspecified atom stereocenters. The molecule has 0 atom stereocenters. The first-order valence-corrected chi connectivity index (χ1v) is 5.51. The Morgan fingerprint density at radius 2 is 2.22 bits per heavy atom. The van der Waals surface area contributed by atoms with Crippen LogP contribution in [0.15, 0.2) is 49.3 Å². The summed E-state index contributed by atoms with van der Waals surface area (Å²) in [5.41, 5.74) is 0. The lowest BCUT2D eigenvalue weighted by Crippen LogP contribution is -2.42. The van der Waals surface area contributed by atoms with Crippen LogP contribution in [-0.4, -0.2) is 19.8 Å². The van der Waals surface area contributed by atoms with Gasteiger partial charge >= 0.3 is 6.09 Å². The SMILES string of the molecule is C=CCOC(=O)[n+]1ccc2cc(OC)ccc2c1. The molecule has 0 radical (unpaired) electrons. The zero-order valence-electron chi connectivity index (χ0n) is 10.1. The number of rotatable bonds is 3. The van der Waals surface area contributed by atoms with Crippen molar-refractivity contribution in [2.45, 2.75) is 0 Å². The zero-order chi connectivity index (χ0) is 13.0. The highest BCUT2D eigenvalue weighted by Gasteiger charge is 2.15. The second-order valence-corrected chi connectivity index (χ2v) is 3.71. The third kappa shape index (κ3) is 2.48. The fourth-order valence-corrected chi connectivity index (χ4v) is 1.61. The summed E-state index contributed by atoms with van der Waals surface area (Å²) in [5.74, 6) is 0.787. The van der Waals surface area contributed by atoms with Crippen molar-refractivity contribution < 1.29 is 18.8 Å². The van der Waals surface area contributed by atoms with Crippen molar-refractivity contribution in [2.75, 3.05) is 13.7 Å². The molecule has 0 saturated carbocycles. The van der Waals surface area contributed by atoms with E-state index in [4.69, 9.17) is 9.47 Å². The molecule has 0 fully saturated rings. The molecule has 1 heterocycles. The molecule has 0 bridgehead atoms. The number of nitrogens with zero attached hydrogens (tertiary/aromatic N) is 1. The molecule has 0 aliphatic heterocycles. The Hall–Kier alpha value is -2.36. The molecule has 1 aromatic heterocycles. The van der Waals surface area contributed by atoms with Crippen molar-refractivity contribution in [1.82, 2.24) is 0 Å². The third-order valence-electron chi connectivity index (χ3n) is 2.52. The van der Waals surface area contributed by atoms with E-state index < -0.39 is 6.09 Å². The molecule has 0 amide bonds. The van der Waals surface area contributed by atoms with E-state index in [2.05, 4.69) is 6.58 Å². The Balaban J connectivity index is 2.32. The van der Waals surface area contributed by atoms with Crippen molar-refractivity contribution >= 4 is 16.9 Å². The molecule has 4 heteroatoms. The number of hydrogen-bond donors (Lipinski definition) is 0. The number of aromatic nitrogens is 1. The normalized spacial score (nSPS) is 10.1. The van der Waals surface area contributed by atoms with Gasteiger partial charge in [0.15, 0.2) is 12.4 Å². The minimum absolute atomic E-state index is 0.201. The van der Waals surface area contributed by atoms with Crippen LogP contribution in [0.1, 0.15) is 0 Å². The van der Waals surface area contributed by atoms with E-state index in [-0.39, 0.29) is 6.61 Å². The Kier molecular flexibility index (Phi) is 3.57. The highest BCUT2D eigenvalue weighted by molar-refractivity contribution is 5.82. The van der Waals surface area contributed by atoms with E-state index in [1.165, 1.54) is 10.6 Å². The molecule has 2 aromatic rings. The van der Waals surface area contributed by atoms with E-state index in [1.54, 1.807) is 19.5 Å². The van der Waals surface area contributed by atoms with Gasteiger partial charge in [0.1, 0.15) is 12.4 Å². The molecular weight excluding hydrogens is 230 g/mol.